The van der Waals surface area contributed by atoms with E-state index in [0.717, 1.165) is 16.8 Å². The summed E-state index contributed by atoms with van der Waals surface area (Å²) in [6, 6.07) is 11.4. The molecule has 3 aromatic heterocycles. The van der Waals surface area contributed by atoms with Gasteiger partial charge in [-0.1, -0.05) is 35.5 Å². The van der Waals surface area contributed by atoms with Gasteiger partial charge in [0.2, 0.25) is 17.6 Å². The van der Waals surface area contributed by atoms with Crippen molar-refractivity contribution in [3.8, 4) is 11.4 Å². The molecule has 26 heavy (non-hydrogen) atoms. The maximum Gasteiger partial charge on any atom is 0.227 e. The van der Waals surface area contributed by atoms with Crippen LogP contribution in [0.1, 0.15) is 17.9 Å². The quantitative estimate of drug-likeness (QED) is 0.572. The van der Waals surface area contributed by atoms with Crippen LogP contribution in [0.15, 0.2) is 59.5 Å². The summed E-state index contributed by atoms with van der Waals surface area (Å²) >= 11 is 0. The van der Waals surface area contributed by atoms with Crippen LogP contribution in [0.5, 0.6) is 0 Å². The number of nitrogens with one attached hydrogen (secondary N) is 1. The molecule has 0 spiro atoms. The van der Waals surface area contributed by atoms with Crippen molar-refractivity contribution in [2.24, 2.45) is 0 Å². The largest absolute Gasteiger partial charge is 0.352 e. The Labute approximate surface area is 148 Å². The van der Waals surface area contributed by atoms with E-state index in [1.165, 1.54) is 0 Å². The average Bonchev–Trinajstić information content (AvgIpc) is 3.33. The van der Waals surface area contributed by atoms with Crippen molar-refractivity contribution >= 4 is 11.6 Å². The summed E-state index contributed by atoms with van der Waals surface area (Å²) in [6.07, 6.45) is 5.87. The highest BCUT2D eigenvalue weighted by Crippen LogP contribution is 2.15. The minimum atomic E-state index is -0.0975. The Morgan fingerprint density at radius 3 is 2.96 bits per heavy atom. The Morgan fingerprint density at radius 2 is 2.08 bits per heavy atom. The SMILES string of the molecule is O=C(CCc1nc(-c2ccccc2)no1)NCc1cnn2cccnc12. The lowest BCUT2D eigenvalue weighted by Crippen LogP contribution is -2.23. The minimum Gasteiger partial charge on any atom is -0.352 e. The summed E-state index contributed by atoms with van der Waals surface area (Å²) in [4.78, 5) is 20.7. The van der Waals surface area contributed by atoms with Gasteiger partial charge in [0, 0.05) is 42.9 Å². The number of benzene rings is 1. The van der Waals surface area contributed by atoms with Crippen molar-refractivity contribution in [1.29, 1.82) is 0 Å². The number of aromatic nitrogens is 5. The average molecular weight is 348 g/mol. The lowest BCUT2D eigenvalue weighted by Gasteiger charge is -2.02. The molecule has 0 atom stereocenters. The van der Waals surface area contributed by atoms with Gasteiger partial charge in [-0.2, -0.15) is 10.1 Å². The van der Waals surface area contributed by atoms with Gasteiger partial charge in [0.1, 0.15) is 0 Å². The second-order valence-electron chi connectivity index (χ2n) is 5.71. The maximum absolute atomic E-state index is 12.1. The van der Waals surface area contributed by atoms with E-state index in [4.69, 9.17) is 4.52 Å². The maximum atomic E-state index is 12.1. The first-order valence-corrected chi connectivity index (χ1v) is 8.21. The number of nitrogens with zero attached hydrogens (tertiary/aromatic N) is 5. The van der Waals surface area contributed by atoms with E-state index in [1.807, 2.05) is 36.5 Å². The number of amides is 1. The van der Waals surface area contributed by atoms with Gasteiger partial charge in [0.25, 0.3) is 0 Å². The predicted molar refractivity (Wildman–Crippen MR) is 92.9 cm³/mol. The third-order valence-corrected chi connectivity index (χ3v) is 3.89. The summed E-state index contributed by atoms with van der Waals surface area (Å²) < 4.78 is 6.88. The van der Waals surface area contributed by atoms with E-state index in [9.17, 15) is 4.79 Å². The zero-order valence-electron chi connectivity index (χ0n) is 13.9. The molecule has 0 aliphatic carbocycles. The number of fused-ring (bicyclic) bond motifs is 1. The molecule has 0 aliphatic heterocycles. The molecule has 130 valence electrons. The number of carbonyl (C=O) groups excluding carboxylic acids is 1. The number of carbonyl (C=O) groups is 1. The molecular formula is C18H16N6O2. The van der Waals surface area contributed by atoms with Gasteiger partial charge in [0.15, 0.2) is 5.65 Å². The molecule has 1 amide bonds. The summed E-state index contributed by atoms with van der Waals surface area (Å²) in [6.45, 7) is 0.373. The Bertz CT molecular complexity index is 1020. The zero-order chi connectivity index (χ0) is 17.8. The van der Waals surface area contributed by atoms with Crippen molar-refractivity contribution in [1.82, 2.24) is 30.1 Å². The monoisotopic (exact) mass is 348 g/mol. The highest BCUT2D eigenvalue weighted by molar-refractivity contribution is 5.76. The van der Waals surface area contributed by atoms with Gasteiger partial charge in [-0.05, 0) is 6.07 Å². The molecule has 0 unspecified atom stereocenters. The first-order chi connectivity index (χ1) is 12.8. The zero-order valence-corrected chi connectivity index (χ0v) is 13.9. The lowest BCUT2D eigenvalue weighted by molar-refractivity contribution is -0.121. The van der Waals surface area contributed by atoms with Gasteiger partial charge in [0.05, 0.1) is 6.20 Å². The Balaban J connectivity index is 1.31. The molecule has 0 bridgehead atoms. The first-order valence-electron chi connectivity index (χ1n) is 8.21. The van der Waals surface area contributed by atoms with Crippen LogP contribution in [0.2, 0.25) is 0 Å². The van der Waals surface area contributed by atoms with Crippen molar-refractivity contribution in [3.05, 3.63) is 66.4 Å². The van der Waals surface area contributed by atoms with Crippen LogP contribution in [-0.4, -0.2) is 30.6 Å². The fraction of sp³-hybridized carbons (Fsp3) is 0.167. The molecule has 0 aliphatic rings. The van der Waals surface area contributed by atoms with E-state index in [2.05, 4.69) is 25.5 Å². The van der Waals surface area contributed by atoms with Crippen molar-refractivity contribution in [3.63, 3.8) is 0 Å². The smallest absolute Gasteiger partial charge is 0.227 e. The van der Waals surface area contributed by atoms with Crippen LogP contribution < -0.4 is 5.32 Å². The molecule has 0 saturated heterocycles. The number of hydrogen-bond acceptors (Lipinski definition) is 6. The van der Waals surface area contributed by atoms with Gasteiger partial charge in [-0.3, -0.25) is 4.79 Å². The predicted octanol–water partition coefficient (Wildman–Crippen LogP) is 2.03. The summed E-state index contributed by atoms with van der Waals surface area (Å²) in [5, 5.41) is 11.0. The molecule has 3 heterocycles. The van der Waals surface area contributed by atoms with Crippen molar-refractivity contribution < 1.29 is 9.32 Å². The fourth-order valence-corrected chi connectivity index (χ4v) is 2.56. The minimum absolute atomic E-state index is 0.0975. The van der Waals surface area contributed by atoms with Crippen LogP contribution in [-0.2, 0) is 17.8 Å². The van der Waals surface area contributed by atoms with E-state index < -0.39 is 0 Å². The van der Waals surface area contributed by atoms with Crippen LogP contribution in [0, 0.1) is 0 Å². The highest BCUT2D eigenvalue weighted by Gasteiger charge is 2.11. The topological polar surface area (TPSA) is 98.2 Å². The second kappa shape index (κ2) is 7.14. The van der Waals surface area contributed by atoms with Crippen LogP contribution in [0.3, 0.4) is 0 Å². The third kappa shape index (κ3) is 3.44. The Morgan fingerprint density at radius 1 is 1.19 bits per heavy atom. The van der Waals surface area contributed by atoms with E-state index in [1.54, 1.807) is 23.0 Å². The van der Waals surface area contributed by atoms with Gasteiger partial charge in [-0.15, -0.1) is 0 Å². The van der Waals surface area contributed by atoms with Gasteiger partial charge < -0.3 is 9.84 Å². The Hall–Kier alpha value is -3.55. The third-order valence-electron chi connectivity index (χ3n) is 3.89. The lowest BCUT2D eigenvalue weighted by atomic mass is 10.2. The molecule has 1 aromatic carbocycles. The van der Waals surface area contributed by atoms with Crippen molar-refractivity contribution in [2.75, 3.05) is 0 Å². The number of hydrogen-bond donors (Lipinski definition) is 1. The molecule has 8 heteroatoms. The molecule has 0 radical (unpaired) electrons. The molecule has 4 aromatic rings. The second-order valence-corrected chi connectivity index (χ2v) is 5.71. The highest BCUT2D eigenvalue weighted by atomic mass is 16.5. The van der Waals surface area contributed by atoms with E-state index in [-0.39, 0.29) is 12.3 Å². The number of rotatable bonds is 6. The molecular weight excluding hydrogens is 332 g/mol. The van der Waals surface area contributed by atoms with Gasteiger partial charge >= 0.3 is 0 Å². The van der Waals surface area contributed by atoms with Gasteiger partial charge in [-0.25, -0.2) is 9.50 Å². The summed E-state index contributed by atoms with van der Waals surface area (Å²) in [7, 11) is 0. The molecule has 0 saturated carbocycles. The van der Waals surface area contributed by atoms with Crippen LogP contribution in [0.4, 0.5) is 0 Å². The molecule has 8 nitrogen and oxygen atoms in total. The summed E-state index contributed by atoms with van der Waals surface area (Å²) in [5.74, 6) is 0.870. The standard InChI is InChI=1S/C18H16N6O2/c25-15(20-11-14-12-21-24-10-4-9-19-18(14)24)7-8-16-22-17(23-26-16)13-5-2-1-3-6-13/h1-6,9-10,12H,7-8,11H2,(H,20,25). The van der Waals surface area contributed by atoms with E-state index in [0.29, 0.717) is 24.7 Å². The number of aryl methyl sites for hydroxylation is 1. The molecule has 4 rings (SSSR count). The van der Waals surface area contributed by atoms with Crippen molar-refractivity contribution in [2.45, 2.75) is 19.4 Å². The normalized spacial score (nSPS) is 10.9. The van der Waals surface area contributed by atoms with Crippen LogP contribution >= 0.6 is 0 Å². The fourth-order valence-electron chi connectivity index (χ4n) is 2.56. The van der Waals surface area contributed by atoms with E-state index >= 15 is 0 Å². The first kappa shape index (κ1) is 15.9. The Kier molecular flexibility index (Phi) is 4.38. The molecule has 0 fully saturated rings. The molecule has 1 N–H and O–H groups in total. The van der Waals surface area contributed by atoms with Crippen LogP contribution in [0.25, 0.3) is 17.0 Å². The summed E-state index contributed by atoms with van der Waals surface area (Å²) in [5.41, 5.74) is 2.48.